The zero-order chi connectivity index (χ0) is 18.8. The number of likely N-dealkylation sites (N-methyl/N-ethyl adjacent to an activating group) is 1. The third kappa shape index (κ3) is 3.98. The summed E-state index contributed by atoms with van der Waals surface area (Å²) in [6.45, 7) is 3.42. The fraction of sp³-hybridized carbons (Fsp3) is 0.455. The fourth-order valence-corrected chi connectivity index (χ4v) is 4.26. The largest absolute Gasteiger partial charge is 0.383 e. The summed E-state index contributed by atoms with van der Waals surface area (Å²) in [5.41, 5.74) is 10.3. The number of hydrogen-bond donors (Lipinski definition) is 1. The summed E-state index contributed by atoms with van der Waals surface area (Å²) in [5, 5.41) is 0. The Hall–Kier alpha value is -2.40. The molecule has 2 aliphatic heterocycles. The molecule has 0 radical (unpaired) electrons. The van der Waals surface area contributed by atoms with Gasteiger partial charge in [0.05, 0.1) is 5.56 Å². The molecule has 1 fully saturated rings. The number of carbonyl (C=O) groups is 1. The van der Waals surface area contributed by atoms with E-state index in [1.54, 1.807) is 0 Å². The van der Waals surface area contributed by atoms with Gasteiger partial charge in [0.15, 0.2) is 0 Å². The van der Waals surface area contributed by atoms with Crippen molar-refractivity contribution in [2.24, 2.45) is 5.92 Å². The molecule has 0 bridgehead atoms. The Bertz CT molecular complexity index is 813. The van der Waals surface area contributed by atoms with E-state index >= 15 is 0 Å². The van der Waals surface area contributed by atoms with Crippen LogP contribution >= 0.6 is 0 Å². The number of nitrogens with zero attached hydrogens (tertiary/aromatic N) is 3. The lowest BCUT2D eigenvalue weighted by atomic mass is 9.90. The van der Waals surface area contributed by atoms with Crippen LogP contribution in [0.5, 0.6) is 0 Å². The highest BCUT2D eigenvalue weighted by atomic mass is 16.2. The highest BCUT2D eigenvalue weighted by Gasteiger charge is 2.27. The van der Waals surface area contributed by atoms with E-state index in [-0.39, 0.29) is 5.91 Å². The van der Waals surface area contributed by atoms with Gasteiger partial charge in [0.25, 0.3) is 5.91 Å². The first-order valence-corrected chi connectivity index (χ1v) is 9.90. The van der Waals surface area contributed by atoms with Crippen molar-refractivity contribution >= 4 is 11.7 Å². The normalized spacial score (nSPS) is 18.3. The van der Waals surface area contributed by atoms with Gasteiger partial charge in [-0.15, -0.1) is 0 Å². The first-order valence-electron chi connectivity index (χ1n) is 9.90. The quantitative estimate of drug-likeness (QED) is 0.910. The molecule has 1 saturated heterocycles. The molecule has 0 saturated carbocycles. The van der Waals surface area contributed by atoms with E-state index in [2.05, 4.69) is 47.3 Å². The van der Waals surface area contributed by atoms with Gasteiger partial charge < -0.3 is 15.5 Å². The molecule has 1 aromatic carbocycles. The lowest BCUT2D eigenvalue weighted by molar-refractivity contribution is 0.0691. The van der Waals surface area contributed by atoms with E-state index in [0.29, 0.717) is 17.3 Å². The molecular weight excluding hydrogens is 336 g/mol. The van der Waals surface area contributed by atoms with Crippen molar-refractivity contribution in [1.82, 2.24) is 14.8 Å². The van der Waals surface area contributed by atoms with Crippen LogP contribution in [0.25, 0.3) is 0 Å². The van der Waals surface area contributed by atoms with Gasteiger partial charge in [-0.1, -0.05) is 30.3 Å². The summed E-state index contributed by atoms with van der Waals surface area (Å²) in [5.74, 6) is 1.06. The Labute approximate surface area is 161 Å². The maximum Gasteiger partial charge on any atom is 0.257 e. The number of aromatic nitrogens is 1. The summed E-state index contributed by atoms with van der Waals surface area (Å²) < 4.78 is 0. The van der Waals surface area contributed by atoms with E-state index in [4.69, 9.17) is 5.73 Å². The number of rotatable bonds is 3. The topological polar surface area (TPSA) is 62.5 Å². The van der Waals surface area contributed by atoms with Crippen molar-refractivity contribution in [3.8, 4) is 0 Å². The zero-order valence-electron chi connectivity index (χ0n) is 16.0. The van der Waals surface area contributed by atoms with Crippen molar-refractivity contribution < 1.29 is 4.79 Å². The molecule has 5 nitrogen and oxygen atoms in total. The molecule has 1 amide bonds. The molecule has 27 heavy (non-hydrogen) atoms. The van der Waals surface area contributed by atoms with Gasteiger partial charge in [0, 0.05) is 38.3 Å². The minimum Gasteiger partial charge on any atom is -0.383 e. The zero-order valence-corrected chi connectivity index (χ0v) is 16.0. The van der Waals surface area contributed by atoms with Crippen LogP contribution in [0.1, 0.15) is 40.0 Å². The molecule has 2 N–H and O–H groups in total. The maximum absolute atomic E-state index is 13.0. The summed E-state index contributed by atoms with van der Waals surface area (Å²) >= 11 is 0. The van der Waals surface area contributed by atoms with Gasteiger partial charge in [0.1, 0.15) is 5.82 Å². The average molecular weight is 364 g/mol. The van der Waals surface area contributed by atoms with Gasteiger partial charge in [-0.25, -0.2) is 4.98 Å². The molecule has 0 atom stereocenters. The lowest BCUT2D eigenvalue weighted by Crippen LogP contribution is -2.39. The van der Waals surface area contributed by atoms with Gasteiger partial charge in [0.2, 0.25) is 0 Å². The van der Waals surface area contributed by atoms with Crippen LogP contribution in [-0.2, 0) is 19.4 Å². The standard InChI is InChI=1S/C22H28N4O/c1-25-10-9-20-18(15-25)14-19(21(23)24-20)22(27)26-11-7-17(8-12-26)13-16-5-3-2-4-6-16/h2-6,14,17H,7-13,15H2,1H3,(H2,23,24). The van der Waals surface area contributed by atoms with Crippen molar-refractivity contribution in [3.63, 3.8) is 0 Å². The summed E-state index contributed by atoms with van der Waals surface area (Å²) in [6, 6.07) is 12.6. The van der Waals surface area contributed by atoms with Crippen molar-refractivity contribution in [1.29, 1.82) is 0 Å². The summed E-state index contributed by atoms with van der Waals surface area (Å²) in [4.78, 5) is 21.8. The second-order valence-electron chi connectivity index (χ2n) is 7.94. The van der Waals surface area contributed by atoms with Crippen LogP contribution in [0.15, 0.2) is 36.4 Å². The molecule has 2 aromatic rings. The SMILES string of the molecule is CN1CCc2nc(N)c(C(=O)N3CCC(Cc4ccccc4)CC3)cc2C1. The monoisotopic (exact) mass is 364 g/mol. The van der Waals surface area contributed by atoms with E-state index < -0.39 is 0 Å². The predicted molar refractivity (Wildman–Crippen MR) is 107 cm³/mol. The van der Waals surface area contributed by atoms with Crippen LogP contribution in [0.2, 0.25) is 0 Å². The van der Waals surface area contributed by atoms with Crippen LogP contribution in [0, 0.1) is 5.92 Å². The van der Waals surface area contributed by atoms with E-state index in [1.165, 1.54) is 5.56 Å². The lowest BCUT2D eigenvalue weighted by Gasteiger charge is -2.33. The van der Waals surface area contributed by atoms with Crippen LogP contribution in [0.4, 0.5) is 5.82 Å². The first-order chi connectivity index (χ1) is 13.1. The number of carbonyl (C=O) groups excluding carboxylic acids is 1. The Morgan fingerprint density at radius 2 is 1.93 bits per heavy atom. The number of amides is 1. The Morgan fingerprint density at radius 3 is 2.67 bits per heavy atom. The summed E-state index contributed by atoms with van der Waals surface area (Å²) in [7, 11) is 2.10. The third-order valence-electron chi connectivity index (χ3n) is 5.89. The Balaban J connectivity index is 1.41. The van der Waals surface area contributed by atoms with Crippen LogP contribution in [-0.4, -0.2) is 47.4 Å². The smallest absolute Gasteiger partial charge is 0.257 e. The predicted octanol–water partition coefficient (Wildman–Crippen LogP) is 2.75. The molecule has 0 aliphatic carbocycles. The molecule has 142 valence electrons. The second kappa shape index (κ2) is 7.69. The molecule has 3 heterocycles. The fourth-order valence-electron chi connectivity index (χ4n) is 4.26. The minimum atomic E-state index is 0.0363. The summed E-state index contributed by atoms with van der Waals surface area (Å²) in [6.07, 6.45) is 4.08. The molecule has 0 spiro atoms. The number of nitrogens with two attached hydrogens (primary N) is 1. The molecule has 4 rings (SSSR count). The number of nitrogen functional groups attached to an aromatic ring is 1. The second-order valence-corrected chi connectivity index (χ2v) is 7.94. The van der Waals surface area contributed by atoms with E-state index in [1.807, 2.05) is 11.0 Å². The molecular formula is C22H28N4O. The number of fused-ring (bicyclic) bond motifs is 1. The van der Waals surface area contributed by atoms with Crippen molar-refractivity contribution in [3.05, 3.63) is 58.8 Å². The third-order valence-corrected chi connectivity index (χ3v) is 5.89. The van der Waals surface area contributed by atoms with Gasteiger partial charge in [-0.2, -0.15) is 0 Å². The Morgan fingerprint density at radius 1 is 1.19 bits per heavy atom. The highest BCUT2D eigenvalue weighted by molar-refractivity contribution is 5.98. The molecule has 0 unspecified atom stereocenters. The highest BCUT2D eigenvalue weighted by Crippen LogP contribution is 2.26. The van der Waals surface area contributed by atoms with Crippen molar-refractivity contribution in [2.75, 3.05) is 32.4 Å². The number of likely N-dealkylation sites (tertiary alicyclic amines) is 1. The number of piperidine rings is 1. The average Bonchev–Trinajstić information content (AvgIpc) is 2.69. The van der Waals surface area contributed by atoms with Gasteiger partial charge >= 0.3 is 0 Å². The first kappa shape index (κ1) is 18.0. The minimum absolute atomic E-state index is 0.0363. The van der Waals surface area contributed by atoms with Gasteiger partial charge in [-0.05, 0) is 49.4 Å². The number of hydrogen-bond acceptors (Lipinski definition) is 4. The molecule has 2 aliphatic rings. The number of anilines is 1. The Kier molecular flexibility index (Phi) is 5.12. The molecule has 5 heteroatoms. The maximum atomic E-state index is 13.0. The van der Waals surface area contributed by atoms with E-state index in [0.717, 1.165) is 63.1 Å². The van der Waals surface area contributed by atoms with Crippen LogP contribution in [0.3, 0.4) is 0 Å². The van der Waals surface area contributed by atoms with E-state index in [9.17, 15) is 4.79 Å². The van der Waals surface area contributed by atoms with Crippen molar-refractivity contribution in [2.45, 2.75) is 32.2 Å². The number of benzene rings is 1. The number of pyridine rings is 1. The van der Waals surface area contributed by atoms with Crippen LogP contribution < -0.4 is 5.73 Å². The van der Waals surface area contributed by atoms with Gasteiger partial charge in [-0.3, -0.25) is 4.79 Å². The molecule has 1 aromatic heterocycles.